The average molecular weight is 346 g/mol. The van der Waals surface area contributed by atoms with Crippen LogP contribution in [0.5, 0.6) is 0 Å². The Morgan fingerprint density at radius 3 is 2.29 bits per heavy atom. The van der Waals surface area contributed by atoms with Gasteiger partial charge in [-0.25, -0.2) is 8.42 Å². The van der Waals surface area contributed by atoms with Gasteiger partial charge in [-0.2, -0.15) is 0 Å². The molecule has 2 rings (SSSR count). The summed E-state index contributed by atoms with van der Waals surface area (Å²) in [6.45, 7) is 1.46. The molecule has 1 unspecified atom stereocenters. The Balaban J connectivity index is 1.89. The molecule has 128 valence electrons. The molecule has 0 bridgehead atoms. The molecule has 0 heterocycles. The molecule has 0 fully saturated rings. The lowest BCUT2D eigenvalue weighted by atomic mass is 10.1. The molecule has 0 amide bonds. The van der Waals surface area contributed by atoms with Crippen LogP contribution in [0.1, 0.15) is 29.3 Å². The summed E-state index contributed by atoms with van der Waals surface area (Å²) in [6.07, 6.45) is 1.33. The largest absolute Gasteiger partial charge is 0.327 e. The molecule has 0 aromatic heterocycles. The molecular weight excluding hydrogens is 324 g/mol. The van der Waals surface area contributed by atoms with Crippen LogP contribution in [0.15, 0.2) is 54.6 Å². The lowest BCUT2D eigenvalue weighted by Crippen LogP contribution is -2.33. The highest BCUT2D eigenvalue weighted by Gasteiger charge is 2.16. The minimum absolute atomic E-state index is 0.0626. The number of aryl methyl sites for hydroxylation is 1. The predicted octanol–water partition coefficient (Wildman–Crippen LogP) is 2.59. The molecule has 0 spiro atoms. The number of hydrogen-bond acceptors (Lipinski definition) is 4. The number of nitrogens with one attached hydrogen (secondary N) is 1. The smallest absolute Gasteiger partial charge is 0.234 e. The highest BCUT2D eigenvalue weighted by atomic mass is 32.2. The Morgan fingerprint density at radius 2 is 1.71 bits per heavy atom. The van der Waals surface area contributed by atoms with Gasteiger partial charge in [0, 0.05) is 17.3 Å². The molecule has 0 saturated heterocycles. The molecule has 0 aliphatic carbocycles. The van der Waals surface area contributed by atoms with Crippen LogP contribution < -0.4 is 10.5 Å². The second-order valence-corrected chi connectivity index (χ2v) is 7.57. The van der Waals surface area contributed by atoms with E-state index in [1.54, 1.807) is 24.3 Å². The maximum Gasteiger partial charge on any atom is 0.234 e. The zero-order chi connectivity index (χ0) is 17.6. The Bertz CT molecular complexity index is 772. The van der Waals surface area contributed by atoms with Crippen LogP contribution in [0.3, 0.4) is 0 Å². The van der Waals surface area contributed by atoms with Crippen LogP contribution in [0.4, 0.5) is 5.69 Å². The highest BCUT2D eigenvalue weighted by Crippen LogP contribution is 2.13. The lowest BCUT2D eigenvalue weighted by molar-refractivity contribution is 0.101. The van der Waals surface area contributed by atoms with Gasteiger partial charge in [0.25, 0.3) is 0 Å². The molecule has 5 nitrogen and oxygen atoms in total. The van der Waals surface area contributed by atoms with E-state index in [1.807, 2.05) is 30.3 Å². The molecule has 6 heteroatoms. The highest BCUT2D eigenvalue weighted by molar-refractivity contribution is 7.92. The van der Waals surface area contributed by atoms with Crippen molar-refractivity contribution in [3.05, 3.63) is 65.7 Å². The first kappa shape index (κ1) is 18.2. The first-order valence-corrected chi connectivity index (χ1v) is 9.42. The fraction of sp³-hybridized carbons (Fsp3) is 0.278. The van der Waals surface area contributed by atoms with Crippen LogP contribution in [0.25, 0.3) is 0 Å². The van der Waals surface area contributed by atoms with Gasteiger partial charge >= 0.3 is 0 Å². The average Bonchev–Trinajstić information content (AvgIpc) is 2.53. The molecule has 0 saturated carbocycles. The molecule has 24 heavy (non-hydrogen) atoms. The minimum atomic E-state index is -3.53. The van der Waals surface area contributed by atoms with Crippen molar-refractivity contribution in [2.45, 2.75) is 25.8 Å². The van der Waals surface area contributed by atoms with Gasteiger partial charge in [-0.05, 0) is 49.6 Å². The first-order valence-electron chi connectivity index (χ1n) is 7.77. The summed E-state index contributed by atoms with van der Waals surface area (Å²) in [4.78, 5) is 11.2. The van der Waals surface area contributed by atoms with Crippen LogP contribution in [-0.4, -0.2) is 26.0 Å². The van der Waals surface area contributed by atoms with Crippen molar-refractivity contribution < 1.29 is 13.2 Å². The molecule has 0 aliphatic rings. The van der Waals surface area contributed by atoms with Gasteiger partial charge < -0.3 is 5.73 Å². The fourth-order valence-corrected chi connectivity index (χ4v) is 3.66. The van der Waals surface area contributed by atoms with Crippen molar-refractivity contribution in [2.24, 2.45) is 5.73 Å². The van der Waals surface area contributed by atoms with Crippen molar-refractivity contribution in [2.75, 3.05) is 10.5 Å². The van der Waals surface area contributed by atoms with Gasteiger partial charge in [0.1, 0.15) is 0 Å². The number of carbonyl (C=O) groups excluding carboxylic acids is 1. The summed E-state index contributed by atoms with van der Waals surface area (Å²) in [5.74, 6) is -0.207. The zero-order valence-corrected chi connectivity index (χ0v) is 14.4. The lowest BCUT2D eigenvalue weighted by Gasteiger charge is -2.14. The molecule has 0 radical (unpaired) electrons. The number of anilines is 1. The summed E-state index contributed by atoms with van der Waals surface area (Å²) in [7, 11) is -3.53. The maximum atomic E-state index is 12.2. The van der Waals surface area contributed by atoms with Crippen molar-refractivity contribution in [1.29, 1.82) is 0 Å². The van der Waals surface area contributed by atoms with Gasteiger partial charge in [-0.3, -0.25) is 9.52 Å². The molecule has 0 aliphatic heterocycles. The van der Waals surface area contributed by atoms with Gasteiger partial charge in [0.15, 0.2) is 5.78 Å². The van der Waals surface area contributed by atoms with Crippen molar-refractivity contribution >= 4 is 21.5 Å². The Kier molecular flexibility index (Phi) is 6.11. The Labute approximate surface area is 142 Å². The molecule has 2 aromatic rings. The molecule has 2 aromatic carbocycles. The van der Waals surface area contributed by atoms with Gasteiger partial charge in [-0.1, -0.05) is 30.3 Å². The Hall–Kier alpha value is -2.18. The van der Waals surface area contributed by atoms with Crippen molar-refractivity contribution in [3.8, 4) is 0 Å². The van der Waals surface area contributed by atoms with Gasteiger partial charge in [0.2, 0.25) is 10.0 Å². The summed E-state index contributed by atoms with van der Waals surface area (Å²) in [5, 5.41) is 0. The van der Waals surface area contributed by atoms with E-state index in [2.05, 4.69) is 4.72 Å². The number of sulfonamides is 1. The number of ketones is 1. The van der Waals surface area contributed by atoms with E-state index in [4.69, 9.17) is 5.73 Å². The monoisotopic (exact) mass is 346 g/mol. The fourth-order valence-electron chi connectivity index (χ4n) is 2.36. The summed E-state index contributed by atoms with van der Waals surface area (Å²) in [6, 6.07) is 15.7. The quantitative estimate of drug-likeness (QED) is 0.719. The minimum Gasteiger partial charge on any atom is -0.327 e. The molecular formula is C18H22N2O3S. The van der Waals surface area contributed by atoms with E-state index >= 15 is 0 Å². The normalized spacial score (nSPS) is 12.6. The van der Waals surface area contributed by atoms with Gasteiger partial charge in [0.05, 0.1) is 5.75 Å². The first-order chi connectivity index (χ1) is 11.4. The van der Waals surface area contributed by atoms with E-state index < -0.39 is 16.1 Å². The van der Waals surface area contributed by atoms with E-state index in [1.165, 1.54) is 6.92 Å². The van der Waals surface area contributed by atoms with E-state index in [0.717, 1.165) is 12.0 Å². The van der Waals surface area contributed by atoms with E-state index in [0.29, 0.717) is 17.7 Å². The predicted molar refractivity (Wildman–Crippen MR) is 96.6 cm³/mol. The number of nitrogens with two attached hydrogens (primary N) is 1. The maximum absolute atomic E-state index is 12.2. The SMILES string of the molecule is CC(=O)c1ccc(NS(=O)(=O)CC(N)CCc2ccccc2)cc1. The third-order valence-corrected chi connectivity index (χ3v) is 5.06. The van der Waals surface area contributed by atoms with Crippen molar-refractivity contribution in [1.82, 2.24) is 0 Å². The number of Topliss-reactive ketones (excluding diaryl/α,β-unsaturated/α-hetero) is 1. The summed E-state index contributed by atoms with van der Waals surface area (Å²) in [5.41, 5.74) is 8.06. The summed E-state index contributed by atoms with van der Waals surface area (Å²) >= 11 is 0. The van der Waals surface area contributed by atoms with E-state index in [9.17, 15) is 13.2 Å². The third-order valence-electron chi connectivity index (χ3n) is 3.64. The van der Waals surface area contributed by atoms with Crippen LogP contribution in [0.2, 0.25) is 0 Å². The number of carbonyl (C=O) groups is 1. The van der Waals surface area contributed by atoms with Crippen LogP contribution >= 0.6 is 0 Å². The van der Waals surface area contributed by atoms with E-state index in [-0.39, 0.29) is 11.5 Å². The second kappa shape index (κ2) is 8.08. The second-order valence-electron chi connectivity index (χ2n) is 5.80. The number of rotatable bonds is 8. The molecule has 1 atom stereocenters. The van der Waals surface area contributed by atoms with Crippen LogP contribution in [-0.2, 0) is 16.4 Å². The van der Waals surface area contributed by atoms with Crippen molar-refractivity contribution in [3.63, 3.8) is 0 Å². The standard InChI is InChI=1S/C18H22N2O3S/c1-14(21)16-8-11-18(12-9-16)20-24(22,23)13-17(19)10-7-15-5-3-2-4-6-15/h2-6,8-9,11-12,17,20H,7,10,13,19H2,1H3. The Morgan fingerprint density at radius 1 is 1.08 bits per heavy atom. The van der Waals surface area contributed by atoms with Gasteiger partial charge in [-0.15, -0.1) is 0 Å². The number of benzene rings is 2. The van der Waals surface area contributed by atoms with Crippen LogP contribution in [0, 0.1) is 0 Å². The topological polar surface area (TPSA) is 89.3 Å². The molecule has 3 N–H and O–H groups in total. The summed E-state index contributed by atoms with van der Waals surface area (Å²) < 4.78 is 26.9. The number of hydrogen-bond donors (Lipinski definition) is 2. The zero-order valence-electron chi connectivity index (χ0n) is 13.6. The third kappa shape index (κ3) is 5.79.